The molecule has 2 rings (SSSR count). The summed E-state index contributed by atoms with van der Waals surface area (Å²) in [6, 6.07) is 5.82. The van der Waals surface area contributed by atoms with Crippen LogP contribution in [-0.2, 0) is 17.4 Å². The number of carbonyl (C=O) groups excluding carboxylic acids is 1. The van der Waals surface area contributed by atoms with Gasteiger partial charge >= 0.3 is 6.18 Å². The Morgan fingerprint density at radius 1 is 1.35 bits per heavy atom. The van der Waals surface area contributed by atoms with Gasteiger partial charge in [-0.15, -0.1) is 11.3 Å². The van der Waals surface area contributed by atoms with Crippen LogP contribution in [0.25, 0.3) is 0 Å². The predicted molar refractivity (Wildman–Crippen MR) is 80.3 cm³/mol. The third-order valence-corrected chi connectivity index (χ3v) is 4.10. The second-order valence-corrected chi connectivity index (χ2v) is 6.55. The van der Waals surface area contributed by atoms with Gasteiger partial charge in [-0.1, -0.05) is 19.9 Å². The van der Waals surface area contributed by atoms with Crippen LogP contribution < -0.4 is 10.5 Å². The van der Waals surface area contributed by atoms with Crippen LogP contribution in [0.1, 0.15) is 24.4 Å². The van der Waals surface area contributed by atoms with Gasteiger partial charge in [0.25, 0.3) is 0 Å². The number of alkyl halides is 3. The minimum Gasteiger partial charge on any atom is -0.438 e. The van der Waals surface area contributed by atoms with Crippen LogP contribution in [0.5, 0.6) is 11.6 Å². The van der Waals surface area contributed by atoms with Crippen LogP contribution >= 0.6 is 11.3 Å². The van der Waals surface area contributed by atoms with Crippen molar-refractivity contribution >= 4 is 17.2 Å². The summed E-state index contributed by atoms with van der Waals surface area (Å²) in [5.74, 6) is -0.228. The van der Waals surface area contributed by atoms with Gasteiger partial charge in [-0.2, -0.15) is 13.2 Å². The first-order valence-electron chi connectivity index (χ1n) is 6.67. The fraction of sp³-hybridized carbons (Fsp3) is 0.333. The Labute approximate surface area is 135 Å². The molecule has 2 aromatic rings. The number of hydrogen-bond donors (Lipinski definition) is 1. The SMILES string of the molecule is CC(C)(Cc1cccc(Oc2csc(C(F)(F)F)c2)n1)C(N)=O. The first-order valence-corrected chi connectivity index (χ1v) is 7.55. The van der Waals surface area contributed by atoms with E-state index in [-0.39, 0.29) is 11.6 Å². The molecule has 0 aliphatic heterocycles. The molecule has 0 aliphatic carbocycles. The number of ether oxygens (including phenoxy) is 1. The fourth-order valence-electron chi connectivity index (χ4n) is 1.79. The van der Waals surface area contributed by atoms with Gasteiger partial charge in [0.05, 0.1) is 0 Å². The van der Waals surface area contributed by atoms with Gasteiger partial charge in [0, 0.05) is 35.0 Å². The summed E-state index contributed by atoms with van der Waals surface area (Å²) in [6.45, 7) is 3.39. The average Bonchev–Trinajstić information content (AvgIpc) is 2.87. The molecule has 0 saturated carbocycles. The maximum Gasteiger partial charge on any atom is 0.425 e. The molecule has 2 N–H and O–H groups in total. The number of nitrogens with zero attached hydrogens (tertiary/aromatic N) is 1. The number of rotatable bonds is 5. The summed E-state index contributed by atoms with van der Waals surface area (Å²) in [5, 5.41) is 1.27. The van der Waals surface area contributed by atoms with E-state index < -0.39 is 22.4 Å². The number of halogens is 3. The number of thiophene rings is 1. The fourth-order valence-corrected chi connectivity index (χ4v) is 2.47. The van der Waals surface area contributed by atoms with Crippen molar-refractivity contribution in [3.63, 3.8) is 0 Å². The van der Waals surface area contributed by atoms with Crippen molar-refractivity contribution in [1.82, 2.24) is 4.98 Å². The van der Waals surface area contributed by atoms with Crippen molar-refractivity contribution < 1.29 is 22.7 Å². The van der Waals surface area contributed by atoms with Gasteiger partial charge in [-0.3, -0.25) is 4.79 Å². The highest BCUT2D eigenvalue weighted by atomic mass is 32.1. The van der Waals surface area contributed by atoms with Crippen molar-refractivity contribution in [3.8, 4) is 11.6 Å². The molecular weight excluding hydrogens is 329 g/mol. The molecule has 0 unspecified atom stereocenters. The maximum atomic E-state index is 12.6. The van der Waals surface area contributed by atoms with Crippen LogP contribution in [0.2, 0.25) is 0 Å². The Bertz CT molecular complexity index is 711. The lowest BCUT2D eigenvalue weighted by Gasteiger charge is -2.19. The molecule has 0 atom stereocenters. The smallest absolute Gasteiger partial charge is 0.425 e. The number of primary amides is 1. The highest BCUT2D eigenvalue weighted by Gasteiger charge is 2.32. The zero-order valence-corrected chi connectivity index (χ0v) is 13.3. The van der Waals surface area contributed by atoms with Gasteiger partial charge in [0.15, 0.2) is 0 Å². The molecule has 23 heavy (non-hydrogen) atoms. The minimum atomic E-state index is -4.40. The first-order chi connectivity index (χ1) is 10.6. The van der Waals surface area contributed by atoms with E-state index in [0.29, 0.717) is 23.5 Å². The minimum absolute atomic E-state index is 0.0705. The number of hydrogen-bond acceptors (Lipinski definition) is 4. The largest absolute Gasteiger partial charge is 0.438 e. The van der Waals surface area contributed by atoms with E-state index in [0.717, 1.165) is 6.07 Å². The molecule has 0 aliphatic rings. The molecular formula is C15H15F3N2O2S. The number of pyridine rings is 1. The number of nitrogens with two attached hydrogens (primary N) is 1. The van der Waals surface area contributed by atoms with E-state index in [1.54, 1.807) is 26.0 Å². The van der Waals surface area contributed by atoms with Crippen molar-refractivity contribution in [2.75, 3.05) is 0 Å². The summed E-state index contributed by atoms with van der Waals surface area (Å²) in [6.07, 6.45) is -4.09. The van der Waals surface area contributed by atoms with E-state index >= 15 is 0 Å². The number of carbonyl (C=O) groups is 1. The van der Waals surface area contributed by atoms with Gasteiger partial charge in [-0.25, -0.2) is 4.98 Å². The molecule has 0 fully saturated rings. The third-order valence-electron chi connectivity index (χ3n) is 3.15. The molecule has 0 radical (unpaired) electrons. The summed E-state index contributed by atoms with van der Waals surface area (Å²) in [4.78, 5) is 14.8. The molecule has 0 bridgehead atoms. The van der Waals surface area contributed by atoms with E-state index in [1.165, 1.54) is 11.4 Å². The predicted octanol–water partition coefficient (Wildman–Crippen LogP) is 4.01. The Morgan fingerprint density at radius 3 is 2.61 bits per heavy atom. The molecule has 1 amide bonds. The molecule has 124 valence electrons. The van der Waals surface area contributed by atoms with Crippen molar-refractivity contribution in [2.45, 2.75) is 26.4 Å². The quantitative estimate of drug-likeness (QED) is 0.891. The van der Waals surface area contributed by atoms with Gasteiger partial charge < -0.3 is 10.5 Å². The summed E-state index contributed by atoms with van der Waals surface area (Å²) in [5.41, 5.74) is 5.11. The lowest BCUT2D eigenvalue weighted by atomic mass is 9.87. The molecule has 2 aromatic heterocycles. The Morgan fingerprint density at radius 2 is 2.04 bits per heavy atom. The van der Waals surface area contributed by atoms with Crippen LogP contribution in [0, 0.1) is 5.41 Å². The van der Waals surface area contributed by atoms with E-state index in [9.17, 15) is 18.0 Å². The second kappa shape index (κ2) is 6.19. The zero-order valence-electron chi connectivity index (χ0n) is 12.5. The molecule has 8 heteroatoms. The molecule has 0 saturated heterocycles. The first kappa shape index (κ1) is 17.3. The average molecular weight is 344 g/mol. The van der Waals surface area contributed by atoms with Crippen LogP contribution in [0.15, 0.2) is 29.6 Å². The van der Waals surface area contributed by atoms with Crippen LogP contribution in [-0.4, -0.2) is 10.9 Å². The zero-order chi connectivity index (χ0) is 17.3. The van der Waals surface area contributed by atoms with Crippen LogP contribution in [0.4, 0.5) is 13.2 Å². The number of amides is 1. The lowest BCUT2D eigenvalue weighted by Crippen LogP contribution is -2.33. The van der Waals surface area contributed by atoms with Gasteiger partial charge in [0.2, 0.25) is 11.8 Å². The van der Waals surface area contributed by atoms with Crippen molar-refractivity contribution in [2.24, 2.45) is 11.1 Å². The monoisotopic (exact) mass is 344 g/mol. The Hall–Kier alpha value is -2.09. The lowest BCUT2D eigenvalue weighted by molar-refractivity contribution is -0.134. The van der Waals surface area contributed by atoms with Crippen molar-refractivity contribution in [1.29, 1.82) is 0 Å². The molecule has 4 nitrogen and oxygen atoms in total. The molecule has 0 spiro atoms. The molecule has 0 aromatic carbocycles. The van der Waals surface area contributed by atoms with Crippen LogP contribution in [0.3, 0.4) is 0 Å². The van der Waals surface area contributed by atoms with E-state index in [2.05, 4.69) is 4.98 Å². The van der Waals surface area contributed by atoms with E-state index in [4.69, 9.17) is 10.5 Å². The number of aromatic nitrogens is 1. The maximum absolute atomic E-state index is 12.6. The summed E-state index contributed by atoms with van der Waals surface area (Å²) >= 11 is 0.555. The molecule has 2 heterocycles. The van der Waals surface area contributed by atoms with Gasteiger partial charge in [0.1, 0.15) is 10.6 Å². The standard InChI is InChI=1S/C15H15F3N2O2S/c1-14(2,13(19)21)7-9-4-3-5-12(20-9)22-10-6-11(23-8-10)15(16,17)18/h3-6,8H,7H2,1-2H3,(H2,19,21). The Kier molecular flexibility index (Phi) is 4.65. The van der Waals surface area contributed by atoms with E-state index in [1.807, 2.05) is 0 Å². The summed E-state index contributed by atoms with van der Waals surface area (Å²) < 4.78 is 43.0. The highest BCUT2D eigenvalue weighted by molar-refractivity contribution is 7.10. The Balaban J connectivity index is 2.14. The summed E-state index contributed by atoms with van der Waals surface area (Å²) in [7, 11) is 0. The van der Waals surface area contributed by atoms with Crippen molar-refractivity contribution in [3.05, 3.63) is 40.2 Å². The topological polar surface area (TPSA) is 65.2 Å². The highest BCUT2D eigenvalue weighted by Crippen LogP contribution is 2.37. The second-order valence-electron chi connectivity index (χ2n) is 5.64. The third kappa shape index (κ3) is 4.44. The van der Waals surface area contributed by atoms with Gasteiger partial charge in [-0.05, 0) is 6.07 Å². The normalized spacial score (nSPS) is 12.2.